The predicted molar refractivity (Wildman–Crippen MR) is 230 cm³/mol. The third-order valence-corrected chi connectivity index (χ3v) is 14.3. The summed E-state index contributed by atoms with van der Waals surface area (Å²) in [5.74, 6) is 5.30. The summed E-state index contributed by atoms with van der Waals surface area (Å²) in [6.07, 6.45) is 7.01. The number of nitrogens with zero attached hydrogens (tertiary/aromatic N) is 3. The van der Waals surface area contributed by atoms with E-state index in [0.717, 1.165) is 73.4 Å². The number of rotatable bonds is 4. The van der Waals surface area contributed by atoms with Crippen molar-refractivity contribution in [2.45, 2.75) is 37.5 Å². The van der Waals surface area contributed by atoms with Gasteiger partial charge < -0.3 is 4.42 Å². The van der Waals surface area contributed by atoms with Gasteiger partial charge in [-0.3, -0.25) is 0 Å². The molecular formula is C53H39N3O. The van der Waals surface area contributed by atoms with Crippen LogP contribution in [0.3, 0.4) is 0 Å². The molecule has 0 aliphatic heterocycles. The zero-order chi connectivity index (χ0) is 37.2. The van der Waals surface area contributed by atoms with Crippen LogP contribution in [0.1, 0.15) is 43.2 Å². The maximum atomic E-state index is 6.84. The Morgan fingerprint density at radius 2 is 1.02 bits per heavy atom. The maximum absolute atomic E-state index is 6.84. The molecule has 0 unspecified atom stereocenters. The minimum Gasteiger partial charge on any atom is -0.456 e. The number of aromatic nitrogens is 3. The van der Waals surface area contributed by atoms with Crippen LogP contribution >= 0.6 is 0 Å². The van der Waals surface area contributed by atoms with Gasteiger partial charge in [-0.2, -0.15) is 0 Å². The van der Waals surface area contributed by atoms with Crippen LogP contribution in [0, 0.1) is 23.7 Å². The van der Waals surface area contributed by atoms with Gasteiger partial charge in [-0.25, -0.2) is 15.0 Å². The smallest absolute Gasteiger partial charge is 0.164 e. The molecule has 0 saturated heterocycles. The summed E-state index contributed by atoms with van der Waals surface area (Å²) in [4.78, 5) is 15.1. The zero-order valence-corrected chi connectivity index (χ0v) is 31.5. The van der Waals surface area contributed by atoms with Crippen molar-refractivity contribution in [3.63, 3.8) is 0 Å². The zero-order valence-electron chi connectivity index (χ0n) is 31.5. The van der Waals surface area contributed by atoms with Crippen molar-refractivity contribution in [3.05, 3.63) is 163 Å². The standard InChI is InChI=1S/C53H39N3O/c1-3-11-33(12-4-1)50-54-51(34-13-5-2-6-14-34)56-52(55-50)41-22-21-38(39-15-7-8-16-40(39)41)35-19-20-43-47(30-35)57-46-24-23-45-48(49(43)46)42-17-9-10-18-44(42)53(45)36-26-31-25-32(28-36)29-37(53)27-31/h1-24,30-32,36-37H,25-29H2. The van der Waals surface area contributed by atoms with Crippen LogP contribution < -0.4 is 0 Å². The minimum atomic E-state index is 0.139. The van der Waals surface area contributed by atoms with E-state index >= 15 is 0 Å². The molecule has 0 atom stereocenters. The molecule has 5 aliphatic rings. The molecular weight excluding hydrogens is 695 g/mol. The van der Waals surface area contributed by atoms with Gasteiger partial charge in [0.2, 0.25) is 0 Å². The third-order valence-electron chi connectivity index (χ3n) is 14.3. The molecule has 57 heavy (non-hydrogen) atoms. The molecule has 4 bridgehead atoms. The Balaban J connectivity index is 0.961. The van der Waals surface area contributed by atoms with Crippen molar-refractivity contribution < 1.29 is 4.42 Å². The topological polar surface area (TPSA) is 51.8 Å². The van der Waals surface area contributed by atoms with Crippen molar-refractivity contribution in [3.8, 4) is 56.4 Å². The average Bonchev–Trinajstić information content (AvgIpc) is 3.78. The lowest BCUT2D eigenvalue weighted by Gasteiger charge is -2.61. The first-order chi connectivity index (χ1) is 28.2. The van der Waals surface area contributed by atoms with E-state index in [1.165, 1.54) is 54.0 Å². The molecule has 2 aromatic heterocycles. The summed E-state index contributed by atoms with van der Waals surface area (Å²) in [7, 11) is 0. The Hall–Kier alpha value is -6.39. The van der Waals surface area contributed by atoms with Gasteiger partial charge in [-0.1, -0.05) is 127 Å². The highest BCUT2D eigenvalue weighted by Crippen LogP contribution is 2.70. The molecule has 0 radical (unpaired) electrons. The third kappa shape index (κ3) is 4.47. The fraction of sp³-hybridized carbons (Fsp3) is 0.189. The number of furan rings is 1. The van der Waals surface area contributed by atoms with Crippen molar-refractivity contribution >= 4 is 32.7 Å². The largest absolute Gasteiger partial charge is 0.456 e. The van der Waals surface area contributed by atoms with Crippen molar-refractivity contribution in [2.24, 2.45) is 23.7 Å². The molecule has 4 heteroatoms. The number of benzene rings is 7. The second-order valence-corrected chi connectivity index (χ2v) is 17.1. The van der Waals surface area contributed by atoms with Crippen LogP contribution in [0.2, 0.25) is 0 Å². The lowest BCUT2D eigenvalue weighted by atomic mass is 9.43. The van der Waals surface area contributed by atoms with E-state index in [0.29, 0.717) is 17.5 Å². The normalized spacial score (nSPS) is 22.8. The van der Waals surface area contributed by atoms with Crippen molar-refractivity contribution in [1.29, 1.82) is 0 Å². The van der Waals surface area contributed by atoms with E-state index in [-0.39, 0.29) is 5.41 Å². The second-order valence-electron chi connectivity index (χ2n) is 17.1. The lowest BCUT2D eigenvalue weighted by molar-refractivity contribution is -0.0399. The molecule has 0 N–H and O–H groups in total. The van der Waals surface area contributed by atoms with E-state index in [1.54, 1.807) is 11.1 Å². The fourth-order valence-corrected chi connectivity index (χ4v) is 12.3. The monoisotopic (exact) mass is 733 g/mol. The molecule has 4 fully saturated rings. The molecule has 0 amide bonds. The van der Waals surface area contributed by atoms with Crippen molar-refractivity contribution in [2.75, 3.05) is 0 Å². The first-order valence-electron chi connectivity index (χ1n) is 20.7. The molecule has 7 aromatic carbocycles. The Morgan fingerprint density at radius 3 is 1.72 bits per heavy atom. The van der Waals surface area contributed by atoms with Gasteiger partial charge in [0.25, 0.3) is 0 Å². The predicted octanol–water partition coefficient (Wildman–Crippen LogP) is 13.3. The van der Waals surface area contributed by atoms with E-state index in [1.807, 2.05) is 36.4 Å². The first-order valence-corrected chi connectivity index (χ1v) is 20.7. The van der Waals surface area contributed by atoms with E-state index in [2.05, 4.69) is 115 Å². The number of fused-ring (bicyclic) bond motifs is 8. The van der Waals surface area contributed by atoms with Gasteiger partial charge in [0, 0.05) is 32.9 Å². The molecule has 272 valence electrons. The van der Waals surface area contributed by atoms with Gasteiger partial charge >= 0.3 is 0 Å². The molecule has 5 aliphatic carbocycles. The maximum Gasteiger partial charge on any atom is 0.164 e. The van der Waals surface area contributed by atoms with Crippen LogP contribution in [0.4, 0.5) is 0 Å². The molecule has 2 heterocycles. The first kappa shape index (κ1) is 31.8. The summed E-state index contributed by atoms with van der Waals surface area (Å²) < 4.78 is 6.84. The second kappa shape index (κ2) is 11.8. The minimum absolute atomic E-state index is 0.139. The molecule has 1 spiro atoms. The van der Waals surface area contributed by atoms with Crippen LogP contribution in [0.5, 0.6) is 0 Å². The SMILES string of the molecule is c1ccc(-c2nc(-c3ccccc3)nc(-c3ccc(-c4ccc5c(c4)oc4ccc6c(c45)-c4ccccc4C64C5CC6CC(C5)CC4C6)c4ccccc34)n2)cc1. The Labute approximate surface area is 331 Å². The molecule has 4 nitrogen and oxygen atoms in total. The summed E-state index contributed by atoms with van der Waals surface area (Å²) in [5.41, 5.74) is 13.3. The molecule has 9 aromatic rings. The highest BCUT2D eigenvalue weighted by molar-refractivity contribution is 6.16. The highest BCUT2D eigenvalue weighted by Gasteiger charge is 2.61. The van der Waals surface area contributed by atoms with Gasteiger partial charge in [-0.15, -0.1) is 0 Å². The van der Waals surface area contributed by atoms with Crippen molar-refractivity contribution in [1.82, 2.24) is 15.0 Å². The van der Waals surface area contributed by atoms with Gasteiger partial charge in [0.05, 0.1) is 0 Å². The Kier molecular flexibility index (Phi) is 6.59. The summed E-state index contributed by atoms with van der Waals surface area (Å²) in [6, 6.07) is 54.4. The quantitative estimate of drug-likeness (QED) is 0.181. The van der Waals surface area contributed by atoms with E-state index < -0.39 is 0 Å². The Morgan fingerprint density at radius 1 is 0.421 bits per heavy atom. The molecule has 14 rings (SSSR count). The van der Waals surface area contributed by atoms with Crippen LogP contribution in [0.15, 0.2) is 156 Å². The van der Waals surface area contributed by atoms with E-state index in [9.17, 15) is 0 Å². The van der Waals surface area contributed by atoms with Crippen LogP contribution in [-0.2, 0) is 5.41 Å². The highest BCUT2D eigenvalue weighted by atomic mass is 16.3. The summed E-state index contributed by atoms with van der Waals surface area (Å²) in [5, 5.41) is 4.73. The summed E-state index contributed by atoms with van der Waals surface area (Å²) >= 11 is 0. The van der Waals surface area contributed by atoms with Gasteiger partial charge in [-0.05, 0) is 124 Å². The van der Waals surface area contributed by atoms with Crippen LogP contribution in [-0.4, -0.2) is 15.0 Å². The average molecular weight is 734 g/mol. The number of hydrogen-bond acceptors (Lipinski definition) is 4. The summed E-state index contributed by atoms with van der Waals surface area (Å²) in [6.45, 7) is 0. The van der Waals surface area contributed by atoms with Crippen LogP contribution in [0.25, 0.3) is 89.1 Å². The molecule has 4 saturated carbocycles. The Bertz CT molecular complexity index is 3010. The van der Waals surface area contributed by atoms with Gasteiger partial charge in [0.15, 0.2) is 17.5 Å². The fourth-order valence-electron chi connectivity index (χ4n) is 12.3. The van der Waals surface area contributed by atoms with Gasteiger partial charge in [0.1, 0.15) is 11.2 Å². The van der Waals surface area contributed by atoms with E-state index in [4.69, 9.17) is 19.4 Å². The lowest BCUT2D eigenvalue weighted by Crippen LogP contribution is -2.55. The number of hydrogen-bond donors (Lipinski definition) is 0.